The molecule has 2 aromatic rings. The van der Waals surface area contributed by atoms with Gasteiger partial charge in [0.05, 0.1) is 12.2 Å². The smallest absolute Gasteiger partial charge is 0.213 e. The van der Waals surface area contributed by atoms with Gasteiger partial charge in [-0.3, -0.25) is 4.68 Å². The molecule has 2 N–H and O–H groups in total. The van der Waals surface area contributed by atoms with Crippen molar-refractivity contribution in [3.8, 4) is 6.07 Å². The van der Waals surface area contributed by atoms with E-state index in [2.05, 4.69) is 16.2 Å². The van der Waals surface area contributed by atoms with Gasteiger partial charge in [-0.1, -0.05) is 6.92 Å². The van der Waals surface area contributed by atoms with E-state index in [0.717, 1.165) is 12.0 Å². The summed E-state index contributed by atoms with van der Waals surface area (Å²) in [7, 11) is 1.86. The second-order valence-corrected chi connectivity index (χ2v) is 4.23. The fraction of sp³-hybridized carbons (Fsp3) is 0.417. The number of imidazole rings is 1. The van der Waals surface area contributed by atoms with E-state index < -0.39 is 0 Å². The van der Waals surface area contributed by atoms with E-state index in [4.69, 9.17) is 11.0 Å². The van der Waals surface area contributed by atoms with Crippen LogP contribution in [0, 0.1) is 11.3 Å². The van der Waals surface area contributed by atoms with Crippen LogP contribution in [-0.4, -0.2) is 25.4 Å². The summed E-state index contributed by atoms with van der Waals surface area (Å²) in [6.45, 7) is 2.02. The molecule has 2 rings (SSSR count). The first kappa shape index (κ1) is 12.3. The number of aryl methyl sites for hydroxylation is 1. The molecule has 0 bridgehead atoms. The molecule has 0 aromatic carbocycles. The molecule has 0 aliphatic heterocycles. The van der Waals surface area contributed by atoms with Gasteiger partial charge in [-0.15, -0.1) is 0 Å². The Morgan fingerprint density at radius 1 is 1.56 bits per heavy atom. The highest BCUT2D eigenvalue weighted by molar-refractivity contribution is 5.21. The maximum absolute atomic E-state index is 9.07. The van der Waals surface area contributed by atoms with Crippen LogP contribution in [-0.2, 0) is 7.05 Å². The van der Waals surface area contributed by atoms with Crippen molar-refractivity contribution < 1.29 is 0 Å². The van der Waals surface area contributed by atoms with E-state index in [0.29, 0.717) is 5.82 Å². The quantitative estimate of drug-likeness (QED) is 0.862. The summed E-state index contributed by atoms with van der Waals surface area (Å²) in [6, 6.07) is 1.88. The van der Waals surface area contributed by atoms with Crippen molar-refractivity contribution in [1.29, 1.82) is 5.26 Å². The van der Waals surface area contributed by atoms with Crippen LogP contribution in [0.3, 0.4) is 0 Å². The van der Waals surface area contributed by atoms with Crippen molar-refractivity contribution >= 4 is 0 Å². The highest BCUT2D eigenvalue weighted by Crippen LogP contribution is 2.23. The zero-order chi connectivity index (χ0) is 13.1. The number of nitrogens with two attached hydrogens (primary N) is 1. The third-order valence-corrected chi connectivity index (χ3v) is 3.01. The average molecular weight is 244 g/mol. The topological polar surface area (TPSA) is 85.4 Å². The van der Waals surface area contributed by atoms with Crippen molar-refractivity contribution in [2.45, 2.75) is 25.4 Å². The number of hydrogen-bond donors (Lipinski definition) is 1. The van der Waals surface area contributed by atoms with Gasteiger partial charge < -0.3 is 10.3 Å². The Labute approximate surface area is 106 Å². The molecular formula is C12H16N6. The second kappa shape index (κ2) is 5.02. The van der Waals surface area contributed by atoms with Gasteiger partial charge in [0.15, 0.2) is 0 Å². The summed E-state index contributed by atoms with van der Waals surface area (Å²) in [5, 5.41) is 13.2. The third kappa shape index (κ3) is 2.13. The van der Waals surface area contributed by atoms with E-state index in [1.165, 1.54) is 0 Å². The minimum atomic E-state index is -0.110. The zero-order valence-corrected chi connectivity index (χ0v) is 10.5. The first-order valence-corrected chi connectivity index (χ1v) is 5.84. The van der Waals surface area contributed by atoms with Crippen molar-refractivity contribution in [1.82, 2.24) is 19.3 Å². The lowest BCUT2D eigenvalue weighted by molar-refractivity contribution is 0.455. The Morgan fingerprint density at radius 2 is 2.33 bits per heavy atom. The van der Waals surface area contributed by atoms with Gasteiger partial charge >= 0.3 is 0 Å². The number of rotatable bonds is 4. The molecule has 2 aromatic heterocycles. The van der Waals surface area contributed by atoms with Crippen LogP contribution >= 0.6 is 0 Å². The largest absolute Gasteiger partial charge is 0.326 e. The van der Waals surface area contributed by atoms with E-state index in [1.807, 2.05) is 24.7 Å². The van der Waals surface area contributed by atoms with Crippen LogP contribution in [0.1, 0.15) is 30.8 Å². The summed E-state index contributed by atoms with van der Waals surface area (Å²) in [5.74, 6) is 0.368. The summed E-state index contributed by atoms with van der Waals surface area (Å²) in [5.41, 5.74) is 7.17. The molecule has 0 saturated carbocycles. The molecule has 0 spiro atoms. The number of nitriles is 1. The molecule has 0 radical (unpaired) electrons. The van der Waals surface area contributed by atoms with Crippen molar-refractivity contribution in [3.05, 3.63) is 36.2 Å². The van der Waals surface area contributed by atoms with E-state index in [9.17, 15) is 0 Å². The molecular weight excluding hydrogens is 228 g/mol. The second-order valence-electron chi connectivity index (χ2n) is 4.23. The SMILES string of the molecule is CCC(N)C(c1cnn(C)c1)n1ccnc1C#N. The molecule has 6 heteroatoms. The normalized spacial score (nSPS) is 14.1. The van der Waals surface area contributed by atoms with E-state index in [-0.39, 0.29) is 12.1 Å². The molecule has 0 aliphatic carbocycles. The van der Waals surface area contributed by atoms with Gasteiger partial charge in [0.25, 0.3) is 0 Å². The molecule has 0 saturated heterocycles. The molecule has 2 atom stereocenters. The number of hydrogen-bond acceptors (Lipinski definition) is 4. The van der Waals surface area contributed by atoms with Gasteiger partial charge in [-0.25, -0.2) is 4.98 Å². The average Bonchev–Trinajstić information content (AvgIpc) is 2.99. The molecule has 0 amide bonds. The van der Waals surface area contributed by atoms with Crippen LogP contribution < -0.4 is 5.73 Å². The van der Waals surface area contributed by atoms with Crippen LogP contribution in [0.2, 0.25) is 0 Å². The molecule has 0 aliphatic rings. The minimum absolute atomic E-state index is 0.0875. The van der Waals surface area contributed by atoms with Crippen LogP contribution in [0.15, 0.2) is 24.8 Å². The van der Waals surface area contributed by atoms with Crippen LogP contribution in [0.5, 0.6) is 0 Å². The predicted octanol–water partition coefficient (Wildman–Crippen LogP) is 0.815. The van der Waals surface area contributed by atoms with E-state index in [1.54, 1.807) is 23.3 Å². The highest BCUT2D eigenvalue weighted by atomic mass is 15.2. The maximum Gasteiger partial charge on any atom is 0.213 e. The Kier molecular flexibility index (Phi) is 3.44. The van der Waals surface area contributed by atoms with Gasteiger partial charge in [0, 0.05) is 37.2 Å². The first-order valence-electron chi connectivity index (χ1n) is 5.84. The fourth-order valence-corrected chi connectivity index (χ4v) is 2.05. The molecule has 18 heavy (non-hydrogen) atoms. The van der Waals surface area contributed by atoms with Crippen LogP contribution in [0.4, 0.5) is 0 Å². The standard InChI is InChI=1S/C12H16N6/c1-3-10(14)12(9-7-16-17(2)8-9)18-5-4-15-11(18)6-13/h4-5,7-8,10,12H,3,14H2,1-2H3. The zero-order valence-electron chi connectivity index (χ0n) is 10.5. The summed E-state index contributed by atoms with van der Waals surface area (Å²) < 4.78 is 3.54. The lowest BCUT2D eigenvalue weighted by Gasteiger charge is -2.23. The summed E-state index contributed by atoms with van der Waals surface area (Å²) in [4.78, 5) is 4.02. The van der Waals surface area contributed by atoms with Crippen molar-refractivity contribution in [2.75, 3.05) is 0 Å². The molecule has 94 valence electrons. The third-order valence-electron chi connectivity index (χ3n) is 3.01. The molecule has 2 unspecified atom stereocenters. The highest BCUT2D eigenvalue weighted by Gasteiger charge is 2.23. The minimum Gasteiger partial charge on any atom is -0.326 e. The van der Waals surface area contributed by atoms with Gasteiger partial charge in [-0.05, 0) is 6.42 Å². The van der Waals surface area contributed by atoms with Gasteiger partial charge in [0.1, 0.15) is 6.07 Å². The number of aromatic nitrogens is 4. The van der Waals surface area contributed by atoms with Gasteiger partial charge in [0.2, 0.25) is 5.82 Å². The Hall–Kier alpha value is -2.13. The molecule has 0 fully saturated rings. The molecule has 2 heterocycles. The summed E-state index contributed by atoms with van der Waals surface area (Å²) >= 11 is 0. The van der Waals surface area contributed by atoms with Crippen LogP contribution in [0.25, 0.3) is 0 Å². The number of nitrogens with zero attached hydrogens (tertiary/aromatic N) is 5. The Morgan fingerprint density at radius 3 is 2.89 bits per heavy atom. The fourth-order valence-electron chi connectivity index (χ4n) is 2.05. The lowest BCUT2D eigenvalue weighted by Crippen LogP contribution is -2.32. The van der Waals surface area contributed by atoms with E-state index >= 15 is 0 Å². The van der Waals surface area contributed by atoms with Crippen molar-refractivity contribution in [3.63, 3.8) is 0 Å². The Bertz CT molecular complexity index is 561. The first-order chi connectivity index (χ1) is 8.67. The van der Waals surface area contributed by atoms with Crippen molar-refractivity contribution in [2.24, 2.45) is 12.8 Å². The molecule has 6 nitrogen and oxygen atoms in total. The maximum atomic E-state index is 9.07. The predicted molar refractivity (Wildman–Crippen MR) is 66.6 cm³/mol. The lowest BCUT2D eigenvalue weighted by atomic mass is 10.0. The van der Waals surface area contributed by atoms with Gasteiger partial charge in [-0.2, -0.15) is 10.4 Å². The summed E-state index contributed by atoms with van der Waals surface area (Å²) in [6.07, 6.45) is 7.90. The monoisotopic (exact) mass is 244 g/mol. The Balaban J connectivity index is 2.47.